The van der Waals surface area contributed by atoms with Gasteiger partial charge in [-0.2, -0.15) is 0 Å². The summed E-state index contributed by atoms with van der Waals surface area (Å²) in [5.74, 6) is 0.0586. The van der Waals surface area contributed by atoms with Crippen molar-refractivity contribution in [3.8, 4) is 0 Å². The maximum absolute atomic E-state index is 12.8. The Hall–Kier alpha value is -1.28. The van der Waals surface area contributed by atoms with E-state index in [1.807, 2.05) is 30.3 Å². The van der Waals surface area contributed by atoms with Crippen LogP contribution < -0.4 is 0 Å². The number of benzene rings is 1. The Bertz CT molecular complexity index is 781. The van der Waals surface area contributed by atoms with Gasteiger partial charge in [-0.1, -0.05) is 56.0 Å². The summed E-state index contributed by atoms with van der Waals surface area (Å²) in [5.41, 5.74) is 0.773. The number of aliphatic hydroxyl groups is 1. The molecular formula is C25H34BrNO5. The molecule has 1 aliphatic carbocycles. The number of hydrogen-bond donors (Lipinski definition) is 1. The number of carbonyl (C=O) groups is 2. The van der Waals surface area contributed by atoms with Crippen LogP contribution in [0.25, 0.3) is 0 Å². The minimum absolute atomic E-state index is 0. The maximum atomic E-state index is 12.8. The van der Waals surface area contributed by atoms with Gasteiger partial charge < -0.3 is 14.6 Å². The van der Waals surface area contributed by atoms with Gasteiger partial charge in [0.25, 0.3) is 0 Å². The lowest BCUT2D eigenvalue weighted by molar-refractivity contribution is -0.157. The molecule has 0 amide bonds. The molecule has 0 spiro atoms. The lowest BCUT2D eigenvalue weighted by Crippen LogP contribution is -2.52. The van der Waals surface area contributed by atoms with Crippen LogP contribution in [-0.4, -0.2) is 65.3 Å². The predicted molar refractivity (Wildman–Crippen MR) is 125 cm³/mol. The number of morpholine rings is 1. The molecule has 4 fully saturated rings. The van der Waals surface area contributed by atoms with E-state index in [2.05, 4.69) is 4.90 Å². The van der Waals surface area contributed by atoms with Gasteiger partial charge in [-0.05, 0) is 17.9 Å². The summed E-state index contributed by atoms with van der Waals surface area (Å²) in [7, 11) is 0. The normalized spacial score (nSPS) is 32.1. The van der Waals surface area contributed by atoms with Crippen molar-refractivity contribution < 1.29 is 24.2 Å². The van der Waals surface area contributed by atoms with Crippen molar-refractivity contribution in [1.29, 1.82) is 0 Å². The van der Waals surface area contributed by atoms with E-state index in [1.54, 1.807) is 0 Å². The monoisotopic (exact) mass is 507 g/mol. The van der Waals surface area contributed by atoms with Crippen molar-refractivity contribution in [2.24, 2.45) is 5.92 Å². The molecule has 0 aromatic heterocycles. The van der Waals surface area contributed by atoms with E-state index >= 15 is 0 Å². The number of Topliss-reactive ketones (excluding diaryl/α,β-unsaturated/α-hetero) is 1. The Labute approximate surface area is 200 Å². The molecule has 176 valence electrons. The summed E-state index contributed by atoms with van der Waals surface area (Å²) in [4.78, 5) is 27.7. The maximum Gasteiger partial charge on any atom is 0.316 e. The molecule has 2 bridgehead atoms. The van der Waals surface area contributed by atoms with Crippen LogP contribution in [0.1, 0.15) is 62.8 Å². The highest BCUT2D eigenvalue weighted by Crippen LogP contribution is 2.49. The molecule has 1 aromatic rings. The van der Waals surface area contributed by atoms with Gasteiger partial charge in [-0.25, -0.2) is 0 Å². The summed E-state index contributed by atoms with van der Waals surface area (Å²) in [6.07, 6.45) is 8.50. The molecule has 5 rings (SSSR count). The van der Waals surface area contributed by atoms with Crippen LogP contribution >= 0.6 is 17.0 Å². The van der Waals surface area contributed by atoms with Crippen LogP contribution in [0.3, 0.4) is 0 Å². The fourth-order valence-corrected chi connectivity index (χ4v) is 6.08. The smallest absolute Gasteiger partial charge is 0.316 e. The zero-order valence-electron chi connectivity index (χ0n) is 18.4. The number of ether oxygens (including phenoxy) is 2. The van der Waals surface area contributed by atoms with Gasteiger partial charge in [0.15, 0.2) is 0 Å². The number of aliphatic hydroxyl groups excluding tert-OH is 1. The molecule has 0 radical (unpaired) electrons. The number of hydrogen-bond acceptors (Lipinski definition) is 6. The Morgan fingerprint density at radius 3 is 2.38 bits per heavy atom. The lowest BCUT2D eigenvalue weighted by atomic mass is 9.95. The molecule has 1 saturated carbocycles. The summed E-state index contributed by atoms with van der Waals surface area (Å²) >= 11 is 0. The van der Waals surface area contributed by atoms with Gasteiger partial charge in [0.1, 0.15) is 30.0 Å². The molecule has 1 N–H and O–H groups in total. The lowest BCUT2D eigenvalue weighted by Gasteiger charge is -2.40. The van der Waals surface area contributed by atoms with E-state index in [-0.39, 0.29) is 60.0 Å². The fourth-order valence-electron chi connectivity index (χ4n) is 6.08. The van der Waals surface area contributed by atoms with Crippen molar-refractivity contribution in [2.45, 2.75) is 87.7 Å². The van der Waals surface area contributed by atoms with Crippen LogP contribution in [-0.2, 0) is 19.1 Å². The summed E-state index contributed by atoms with van der Waals surface area (Å²) in [6, 6.07) is 9.60. The molecule has 6 nitrogen and oxygen atoms in total. The number of halogens is 1. The van der Waals surface area contributed by atoms with Gasteiger partial charge in [-0.15, -0.1) is 17.0 Å². The zero-order chi connectivity index (χ0) is 21.4. The van der Waals surface area contributed by atoms with E-state index in [0.29, 0.717) is 31.6 Å². The number of fused-ring (bicyclic) bond motifs is 5. The third-order valence-corrected chi connectivity index (χ3v) is 7.80. The van der Waals surface area contributed by atoms with Crippen molar-refractivity contribution in [2.75, 3.05) is 13.2 Å². The van der Waals surface area contributed by atoms with Gasteiger partial charge in [0.2, 0.25) is 0 Å². The highest BCUT2D eigenvalue weighted by Gasteiger charge is 2.64. The first-order chi connectivity index (χ1) is 15.1. The van der Waals surface area contributed by atoms with Gasteiger partial charge in [0.05, 0.1) is 13.2 Å². The molecule has 32 heavy (non-hydrogen) atoms. The van der Waals surface area contributed by atoms with Gasteiger partial charge in [0, 0.05) is 31.3 Å². The second-order valence-corrected chi connectivity index (χ2v) is 9.78. The number of nitrogens with zero attached hydrogens (tertiary/aromatic N) is 1. The van der Waals surface area contributed by atoms with E-state index in [9.17, 15) is 14.7 Å². The Kier molecular flexibility index (Phi) is 7.70. The van der Waals surface area contributed by atoms with E-state index in [0.717, 1.165) is 17.9 Å². The highest BCUT2D eigenvalue weighted by atomic mass is 79.9. The van der Waals surface area contributed by atoms with Crippen molar-refractivity contribution >= 4 is 28.7 Å². The fraction of sp³-hybridized carbons (Fsp3) is 0.680. The number of rotatable bonds is 9. The number of esters is 1. The third-order valence-electron chi connectivity index (χ3n) is 7.80. The molecule has 3 heterocycles. The molecule has 3 aliphatic heterocycles. The minimum atomic E-state index is -0.653. The van der Waals surface area contributed by atoms with Crippen LogP contribution in [0.2, 0.25) is 0 Å². The van der Waals surface area contributed by atoms with Gasteiger partial charge >= 0.3 is 5.97 Å². The van der Waals surface area contributed by atoms with Crippen molar-refractivity contribution in [3.63, 3.8) is 0 Å². The molecule has 5 unspecified atom stereocenters. The zero-order valence-corrected chi connectivity index (χ0v) is 20.1. The third kappa shape index (κ3) is 4.96. The molecule has 1 aromatic carbocycles. The second-order valence-electron chi connectivity index (χ2n) is 9.78. The number of carbonyl (C=O) groups excluding carboxylic acids is 2. The summed E-state index contributed by atoms with van der Waals surface area (Å²) in [5, 5.41) is 9.75. The summed E-state index contributed by atoms with van der Waals surface area (Å²) < 4.78 is 11.7. The van der Waals surface area contributed by atoms with E-state index < -0.39 is 5.92 Å². The first-order valence-electron chi connectivity index (χ1n) is 11.9. The number of ketones is 1. The second kappa shape index (κ2) is 10.3. The molecular weight excluding hydrogens is 474 g/mol. The molecule has 4 aliphatic rings. The van der Waals surface area contributed by atoms with Gasteiger partial charge in [-0.3, -0.25) is 14.5 Å². The van der Waals surface area contributed by atoms with E-state index in [1.165, 1.54) is 25.7 Å². The first-order valence-corrected chi connectivity index (χ1v) is 11.9. The molecule has 7 heteroatoms. The highest BCUT2D eigenvalue weighted by molar-refractivity contribution is 8.93. The quantitative estimate of drug-likeness (QED) is 0.407. The largest absolute Gasteiger partial charge is 0.462 e. The Morgan fingerprint density at radius 1 is 1.09 bits per heavy atom. The average Bonchev–Trinajstić information content (AvgIpc) is 3.34. The number of epoxide rings is 1. The van der Waals surface area contributed by atoms with Crippen LogP contribution in [0.4, 0.5) is 0 Å². The van der Waals surface area contributed by atoms with Crippen LogP contribution in [0.15, 0.2) is 30.3 Å². The summed E-state index contributed by atoms with van der Waals surface area (Å²) in [6.45, 7) is 0.237. The minimum Gasteiger partial charge on any atom is -0.462 e. The average molecular weight is 508 g/mol. The van der Waals surface area contributed by atoms with E-state index in [4.69, 9.17) is 9.47 Å². The molecule has 3 saturated heterocycles. The van der Waals surface area contributed by atoms with Crippen molar-refractivity contribution in [3.05, 3.63) is 35.9 Å². The standard InChI is InChI=1S/C25H33NO5.BrH/c27-15-20(17-8-2-1-3-9-17)25(29)30-19-12-21-23-24(31-23)22(13-19)26(21)14-18(28)11-10-16-6-4-5-7-16;/h1-3,8-9,16,19-24,27H,4-7,10-15H2;1H. The number of piperidine rings is 1. The van der Waals surface area contributed by atoms with Crippen LogP contribution in [0.5, 0.6) is 0 Å². The Balaban J connectivity index is 0.00000245. The SMILES string of the molecule is Br.O=C(CCC1CCCC1)CN1C2CC(OC(=O)C(CO)c3ccccc3)CC1C1OC12. The topological polar surface area (TPSA) is 79.4 Å². The predicted octanol–water partition coefficient (Wildman–Crippen LogP) is 3.41. The first kappa shape index (κ1) is 23.9. The van der Waals surface area contributed by atoms with Crippen molar-refractivity contribution in [1.82, 2.24) is 4.90 Å². The molecule has 5 atom stereocenters. The van der Waals surface area contributed by atoms with Crippen LogP contribution in [0, 0.1) is 5.92 Å². The Morgan fingerprint density at radius 2 is 1.75 bits per heavy atom.